The summed E-state index contributed by atoms with van der Waals surface area (Å²) in [4.78, 5) is 13.4. The maximum absolute atomic E-state index is 11.8. The molecule has 2 rings (SSSR count). The van der Waals surface area contributed by atoms with E-state index in [1.807, 2.05) is 0 Å². The van der Waals surface area contributed by atoms with Gasteiger partial charge in [0.25, 0.3) is 5.91 Å². The second-order valence-electron chi connectivity index (χ2n) is 3.63. The molecular formula is C9H11NO5S. The van der Waals surface area contributed by atoms with Crippen LogP contribution in [0.5, 0.6) is 0 Å². The van der Waals surface area contributed by atoms with Crippen LogP contribution in [0.15, 0.2) is 21.8 Å². The van der Waals surface area contributed by atoms with Gasteiger partial charge in [0.15, 0.2) is 0 Å². The van der Waals surface area contributed by atoms with Crippen LogP contribution in [-0.2, 0) is 10.1 Å². The van der Waals surface area contributed by atoms with Crippen molar-refractivity contribution in [3.05, 3.63) is 17.9 Å². The number of amides is 1. The van der Waals surface area contributed by atoms with E-state index in [0.717, 1.165) is 25.2 Å². The first-order valence-electron chi connectivity index (χ1n) is 4.84. The Bertz CT molecular complexity index is 498. The van der Waals surface area contributed by atoms with Crippen molar-refractivity contribution in [1.29, 1.82) is 0 Å². The van der Waals surface area contributed by atoms with Gasteiger partial charge in [0.05, 0.1) is 5.56 Å². The fourth-order valence-electron chi connectivity index (χ4n) is 1.67. The van der Waals surface area contributed by atoms with E-state index < -0.39 is 15.2 Å². The number of furan rings is 1. The van der Waals surface area contributed by atoms with Gasteiger partial charge in [0, 0.05) is 19.2 Å². The Balaban J connectivity index is 2.22. The molecule has 1 aliphatic heterocycles. The largest absolute Gasteiger partial charge is 0.450 e. The van der Waals surface area contributed by atoms with Gasteiger partial charge in [-0.3, -0.25) is 9.35 Å². The minimum atomic E-state index is -4.38. The Morgan fingerprint density at radius 3 is 2.50 bits per heavy atom. The van der Waals surface area contributed by atoms with Gasteiger partial charge in [-0.1, -0.05) is 0 Å². The summed E-state index contributed by atoms with van der Waals surface area (Å²) >= 11 is 0. The highest BCUT2D eigenvalue weighted by Crippen LogP contribution is 2.17. The Labute approximate surface area is 92.6 Å². The second kappa shape index (κ2) is 3.91. The molecule has 1 saturated heterocycles. The third-order valence-corrected chi connectivity index (χ3v) is 3.19. The Morgan fingerprint density at radius 1 is 1.38 bits per heavy atom. The third-order valence-electron chi connectivity index (χ3n) is 2.47. The third kappa shape index (κ3) is 2.10. The molecule has 1 N–H and O–H groups in total. The first-order chi connectivity index (χ1) is 7.48. The van der Waals surface area contributed by atoms with E-state index in [0.29, 0.717) is 13.1 Å². The van der Waals surface area contributed by atoms with E-state index in [-0.39, 0.29) is 11.5 Å². The van der Waals surface area contributed by atoms with Crippen molar-refractivity contribution in [3.8, 4) is 0 Å². The number of likely N-dealkylation sites (tertiary alicyclic amines) is 1. The molecule has 88 valence electrons. The molecule has 7 heteroatoms. The van der Waals surface area contributed by atoms with Crippen LogP contribution in [0.2, 0.25) is 0 Å². The summed E-state index contributed by atoms with van der Waals surface area (Å²) < 4.78 is 34.8. The van der Waals surface area contributed by atoms with Crippen LogP contribution in [0.3, 0.4) is 0 Å². The van der Waals surface area contributed by atoms with E-state index in [9.17, 15) is 13.2 Å². The van der Waals surface area contributed by atoms with E-state index >= 15 is 0 Å². The number of hydrogen-bond donors (Lipinski definition) is 1. The zero-order chi connectivity index (χ0) is 11.8. The standard InChI is InChI=1S/C9H11NO5S/c11-9(10-3-1-2-4-10)7-5-8(15-6-7)16(12,13)14/h5-6H,1-4H2,(H,12,13,14). The van der Waals surface area contributed by atoms with Crippen molar-refractivity contribution < 1.29 is 22.2 Å². The fourth-order valence-corrected chi connectivity index (χ4v) is 2.11. The predicted octanol–water partition coefficient (Wildman–Crippen LogP) is 0.762. The van der Waals surface area contributed by atoms with Gasteiger partial charge in [0.2, 0.25) is 5.09 Å². The van der Waals surface area contributed by atoms with Crippen molar-refractivity contribution >= 4 is 16.0 Å². The van der Waals surface area contributed by atoms with Gasteiger partial charge in [-0.2, -0.15) is 8.42 Å². The zero-order valence-corrected chi connectivity index (χ0v) is 9.24. The summed E-state index contributed by atoms with van der Waals surface area (Å²) in [6.45, 7) is 1.34. The van der Waals surface area contributed by atoms with Crippen LogP contribution in [-0.4, -0.2) is 36.9 Å². The molecule has 6 nitrogen and oxygen atoms in total. The lowest BCUT2D eigenvalue weighted by molar-refractivity contribution is 0.0792. The SMILES string of the molecule is O=C(c1coc(S(=O)(=O)O)c1)N1CCCC1. The lowest BCUT2D eigenvalue weighted by Gasteiger charge is -2.12. The summed E-state index contributed by atoms with van der Waals surface area (Å²) in [7, 11) is -4.38. The molecule has 1 aromatic rings. The first kappa shape index (κ1) is 11.2. The van der Waals surface area contributed by atoms with Gasteiger partial charge in [-0.25, -0.2) is 0 Å². The molecule has 1 aliphatic rings. The zero-order valence-electron chi connectivity index (χ0n) is 8.42. The monoisotopic (exact) mass is 245 g/mol. The maximum Gasteiger partial charge on any atom is 0.328 e. The summed E-state index contributed by atoms with van der Waals surface area (Å²) in [6, 6.07) is 1.04. The topological polar surface area (TPSA) is 87.8 Å². The minimum absolute atomic E-state index is 0.148. The van der Waals surface area contributed by atoms with Crippen LogP contribution >= 0.6 is 0 Å². The van der Waals surface area contributed by atoms with Crippen LogP contribution in [0, 0.1) is 0 Å². The Kier molecular flexibility index (Phi) is 2.73. The number of rotatable bonds is 2. The Morgan fingerprint density at radius 2 is 2.00 bits per heavy atom. The summed E-state index contributed by atoms with van der Waals surface area (Å²) in [5, 5.41) is -0.602. The average molecular weight is 245 g/mol. The molecule has 2 heterocycles. The summed E-state index contributed by atoms with van der Waals surface area (Å²) in [5.41, 5.74) is 0.148. The molecule has 0 aromatic carbocycles. The lowest BCUT2D eigenvalue weighted by atomic mass is 10.3. The smallest absolute Gasteiger partial charge is 0.328 e. The van der Waals surface area contributed by atoms with E-state index in [1.54, 1.807) is 4.90 Å². The molecule has 16 heavy (non-hydrogen) atoms. The molecule has 0 unspecified atom stereocenters. The molecule has 1 fully saturated rings. The number of carbonyl (C=O) groups is 1. The molecule has 0 radical (unpaired) electrons. The second-order valence-corrected chi connectivity index (χ2v) is 4.98. The van der Waals surface area contributed by atoms with Crippen LogP contribution in [0.25, 0.3) is 0 Å². The van der Waals surface area contributed by atoms with Gasteiger partial charge in [-0.15, -0.1) is 0 Å². The van der Waals surface area contributed by atoms with Gasteiger partial charge in [0.1, 0.15) is 6.26 Å². The maximum atomic E-state index is 11.8. The molecular weight excluding hydrogens is 234 g/mol. The van der Waals surface area contributed by atoms with Crippen LogP contribution in [0.1, 0.15) is 23.2 Å². The van der Waals surface area contributed by atoms with Crippen LogP contribution in [0.4, 0.5) is 0 Å². The quantitative estimate of drug-likeness (QED) is 0.777. The summed E-state index contributed by atoms with van der Waals surface area (Å²) in [5.74, 6) is -0.267. The van der Waals surface area contributed by atoms with E-state index in [2.05, 4.69) is 4.42 Å². The molecule has 0 bridgehead atoms. The predicted molar refractivity (Wildman–Crippen MR) is 53.7 cm³/mol. The molecule has 0 spiro atoms. The lowest BCUT2D eigenvalue weighted by Crippen LogP contribution is -2.27. The van der Waals surface area contributed by atoms with Crippen LogP contribution < -0.4 is 0 Å². The van der Waals surface area contributed by atoms with Crippen molar-refractivity contribution in [3.63, 3.8) is 0 Å². The Hall–Kier alpha value is -1.34. The molecule has 0 aliphatic carbocycles. The normalized spacial score (nSPS) is 16.7. The number of carbonyl (C=O) groups excluding carboxylic acids is 1. The van der Waals surface area contributed by atoms with E-state index in [1.165, 1.54) is 0 Å². The summed E-state index contributed by atoms with van der Waals surface area (Å²) in [6.07, 6.45) is 2.95. The number of hydrogen-bond acceptors (Lipinski definition) is 4. The highest BCUT2D eigenvalue weighted by atomic mass is 32.2. The molecule has 0 saturated carbocycles. The average Bonchev–Trinajstić information content (AvgIpc) is 2.87. The van der Waals surface area contributed by atoms with Crippen molar-refractivity contribution in [2.75, 3.05) is 13.1 Å². The van der Waals surface area contributed by atoms with Crippen molar-refractivity contribution in [1.82, 2.24) is 4.90 Å². The first-order valence-corrected chi connectivity index (χ1v) is 6.28. The van der Waals surface area contributed by atoms with Crippen molar-refractivity contribution in [2.45, 2.75) is 17.9 Å². The van der Waals surface area contributed by atoms with Gasteiger partial charge in [-0.05, 0) is 12.8 Å². The highest BCUT2D eigenvalue weighted by molar-refractivity contribution is 7.85. The highest BCUT2D eigenvalue weighted by Gasteiger charge is 2.23. The van der Waals surface area contributed by atoms with Gasteiger partial charge >= 0.3 is 10.1 Å². The van der Waals surface area contributed by atoms with Crippen molar-refractivity contribution in [2.24, 2.45) is 0 Å². The molecule has 1 amide bonds. The van der Waals surface area contributed by atoms with Gasteiger partial charge < -0.3 is 9.32 Å². The molecule has 0 atom stereocenters. The minimum Gasteiger partial charge on any atom is -0.450 e. The number of nitrogens with zero attached hydrogens (tertiary/aromatic N) is 1. The fraction of sp³-hybridized carbons (Fsp3) is 0.444. The molecule has 1 aromatic heterocycles. The van der Waals surface area contributed by atoms with E-state index in [4.69, 9.17) is 4.55 Å².